The van der Waals surface area contributed by atoms with Crippen LogP contribution in [0.4, 0.5) is 5.95 Å². The second-order valence-corrected chi connectivity index (χ2v) is 6.96. The summed E-state index contributed by atoms with van der Waals surface area (Å²) < 4.78 is 11.0. The van der Waals surface area contributed by atoms with Crippen LogP contribution in [0.2, 0.25) is 0 Å². The Morgan fingerprint density at radius 3 is 2.70 bits per heavy atom. The monoisotopic (exact) mass is 370 g/mol. The van der Waals surface area contributed by atoms with Crippen molar-refractivity contribution in [1.82, 2.24) is 14.9 Å². The Labute approximate surface area is 159 Å². The number of aromatic nitrogens is 2. The molecule has 3 heterocycles. The molecule has 0 saturated carbocycles. The lowest BCUT2D eigenvalue weighted by Crippen LogP contribution is -2.47. The van der Waals surface area contributed by atoms with Crippen molar-refractivity contribution in [3.63, 3.8) is 0 Å². The summed E-state index contributed by atoms with van der Waals surface area (Å²) in [5.41, 5.74) is 2.63. The molecule has 4 rings (SSSR count). The summed E-state index contributed by atoms with van der Waals surface area (Å²) in [6.45, 7) is 7.01. The molecule has 0 spiro atoms. The van der Waals surface area contributed by atoms with Crippen molar-refractivity contribution in [1.29, 1.82) is 0 Å². The third-order valence-corrected chi connectivity index (χ3v) is 5.32. The number of aliphatic hydroxyl groups excluding tert-OH is 1. The Hall–Kier alpha value is -2.38. The van der Waals surface area contributed by atoms with Crippen molar-refractivity contribution in [2.75, 3.05) is 50.9 Å². The van der Waals surface area contributed by atoms with Crippen LogP contribution in [0.3, 0.4) is 0 Å². The maximum absolute atomic E-state index is 8.80. The summed E-state index contributed by atoms with van der Waals surface area (Å²) in [4.78, 5) is 13.5. The molecule has 1 aromatic carbocycles. The van der Waals surface area contributed by atoms with Crippen LogP contribution < -0.4 is 14.4 Å². The largest absolute Gasteiger partial charge is 0.493 e. The lowest BCUT2D eigenvalue weighted by atomic mass is 10.0. The number of ether oxygens (including phenoxy) is 2. The first-order valence-corrected chi connectivity index (χ1v) is 9.55. The number of piperazine rings is 1. The summed E-state index contributed by atoms with van der Waals surface area (Å²) in [7, 11) is 0. The molecule has 1 unspecified atom stereocenters. The molecule has 0 aliphatic carbocycles. The molecule has 2 aromatic rings. The van der Waals surface area contributed by atoms with E-state index < -0.39 is 0 Å². The normalized spacial score (nSPS) is 18.1. The predicted octanol–water partition coefficient (Wildman–Crippen LogP) is 1.67. The van der Waals surface area contributed by atoms with E-state index in [9.17, 15) is 0 Å². The van der Waals surface area contributed by atoms with Crippen LogP contribution in [0.15, 0.2) is 30.6 Å². The van der Waals surface area contributed by atoms with E-state index in [1.165, 1.54) is 11.1 Å². The Bertz CT molecular complexity index is 760. The smallest absolute Gasteiger partial charge is 0.225 e. The fourth-order valence-electron chi connectivity index (χ4n) is 3.67. The van der Waals surface area contributed by atoms with Gasteiger partial charge in [-0.1, -0.05) is 12.1 Å². The third-order valence-electron chi connectivity index (χ3n) is 5.32. The second kappa shape index (κ2) is 8.10. The maximum atomic E-state index is 8.80. The lowest BCUT2D eigenvalue weighted by Gasteiger charge is -2.38. The fourth-order valence-corrected chi connectivity index (χ4v) is 3.67. The van der Waals surface area contributed by atoms with Gasteiger partial charge < -0.3 is 19.5 Å². The number of hydrogen-bond acceptors (Lipinski definition) is 7. The van der Waals surface area contributed by atoms with Crippen molar-refractivity contribution in [2.24, 2.45) is 0 Å². The van der Waals surface area contributed by atoms with Crippen LogP contribution in [-0.4, -0.2) is 66.0 Å². The van der Waals surface area contributed by atoms with Gasteiger partial charge in [0.05, 0.1) is 25.6 Å². The Morgan fingerprint density at radius 2 is 1.96 bits per heavy atom. The fraction of sp³-hybridized carbons (Fsp3) is 0.500. The minimum atomic E-state index is -0.0156. The van der Waals surface area contributed by atoms with E-state index >= 15 is 0 Å². The number of rotatable bonds is 6. The average Bonchev–Trinajstić information content (AvgIpc) is 3.20. The molecular formula is C20H26N4O3. The third kappa shape index (κ3) is 3.99. The molecule has 7 heteroatoms. The molecular weight excluding hydrogens is 344 g/mol. The van der Waals surface area contributed by atoms with Crippen LogP contribution in [0.1, 0.15) is 24.1 Å². The standard InChI is InChI=1S/C20H26N4O3/c1-15(17-3-2-16-4-10-27-19(16)12-17)23-5-7-24(8-6-23)20-21-13-18(14-22-20)26-11-9-25/h2-3,12-15,25H,4-11H2,1H3. The summed E-state index contributed by atoms with van der Waals surface area (Å²) in [6, 6.07) is 7.00. The molecule has 27 heavy (non-hydrogen) atoms. The zero-order valence-corrected chi connectivity index (χ0v) is 15.7. The first kappa shape index (κ1) is 18.0. The Balaban J connectivity index is 1.34. The molecule has 1 saturated heterocycles. The summed E-state index contributed by atoms with van der Waals surface area (Å²) in [6.07, 6.45) is 4.35. The molecule has 144 valence electrons. The van der Waals surface area contributed by atoms with E-state index in [2.05, 4.69) is 44.9 Å². The van der Waals surface area contributed by atoms with Gasteiger partial charge in [-0.3, -0.25) is 4.90 Å². The van der Waals surface area contributed by atoms with Gasteiger partial charge in [-0.05, 0) is 24.1 Å². The summed E-state index contributed by atoms with van der Waals surface area (Å²) >= 11 is 0. The number of nitrogens with zero attached hydrogens (tertiary/aromatic N) is 4. The van der Waals surface area contributed by atoms with Crippen LogP contribution >= 0.6 is 0 Å². The van der Waals surface area contributed by atoms with E-state index in [-0.39, 0.29) is 13.2 Å². The predicted molar refractivity (Wildman–Crippen MR) is 102 cm³/mol. The lowest BCUT2D eigenvalue weighted by molar-refractivity contribution is 0.196. The van der Waals surface area contributed by atoms with Crippen LogP contribution in [0, 0.1) is 0 Å². The highest BCUT2D eigenvalue weighted by atomic mass is 16.5. The van der Waals surface area contributed by atoms with Crippen molar-refractivity contribution in [3.8, 4) is 11.5 Å². The molecule has 0 bridgehead atoms. The van der Waals surface area contributed by atoms with Gasteiger partial charge in [0.25, 0.3) is 0 Å². The SMILES string of the molecule is CC(c1ccc2c(c1)OCC2)N1CCN(c2ncc(OCCO)cn2)CC1. The van der Waals surface area contributed by atoms with Crippen LogP contribution in [-0.2, 0) is 6.42 Å². The van der Waals surface area contributed by atoms with E-state index in [1.54, 1.807) is 12.4 Å². The first-order chi connectivity index (χ1) is 13.2. The van der Waals surface area contributed by atoms with E-state index in [0.717, 1.165) is 50.9 Å². The van der Waals surface area contributed by atoms with Crippen molar-refractivity contribution >= 4 is 5.95 Å². The molecule has 1 fully saturated rings. The maximum Gasteiger partial charge on any atom is 0.225 e. The highest BCUT2D eigenvalue weighted by Gasteiger charge is 2.24. The summed E-state index contributed by atoms with van der Waals surface area (Å²) in [5, 5.41) is 8.80. The highest BCUT2D eigenvalue weighted by Crippen LogP contribution is 2.31. The van der Waals surface area contributed by atoms with Gasteiger partial charge in [-0.2, -0.15) is 0 Å². The molecule has 2 aliphatic heterocycles. The van der Waals surface area contributed by atoms with Gasteiger partial charge in [-0.25, -0.2) is 9.97 Å². The first-order valence-electron chi connectivity index (χ1n) is 9.55. The molecule has 1 aromatic heterocycles. The number of aliphatic hydroxyl groups is 1. The number of hydrogen-bond donors (Lipinski definition) is 1. The Kier molecular flexibility index (Phi) is 5.40. The number of fused-ring (bicyclic) bond motifs is 1. The molecule has 7 nitrogen and oxygen atoms in total. The molecule has 1 N–H and O–H groups in total. The number of benzene rings is 1. The van der Waals surface area contributed by atoms with E-state index in [0.29, 0.717) is 11.8 Å². The van der Waals surface area contributed by atoms with Gasteiger partial charge in [0.15, 0.2) is 5.75 Å². The molecule has 1 atom stereocenters. The van der Waals surface area contributed by atoms with Gasteiger partial charge in [0, 0.05) is 38.6 Å². The second-order valence-electron chi connectivity index (χ2n) is 6.96. The van der Waals surface area contributed by atoms with Crippen molar-refractivity contribution in [2.45, 2.75) is 19.4 Å². The summed E-state index contributed by atoms with van der Waals surface area (Å²) in [5.74, 6) is 2.36. The molecule has 0 amide bonds. The average molecular weight is 370 g/mol. The van der Waals surface area contributed by atoms with Crippen LogP contribution in [0.25, 0.3) is 0 Å². The highest BCUT2D eigenvalue weighted by molar-refractivity contribution is 5.41. The van der Waals surface area contributed by atoms with Crippen LogP contribution in [0.5, 0.6) is 11.5 Å². The van der Waals surface area contributed by atoms with E-state index in [4.69, 9.17) is 14.6 Å². The van der Waals surface area contributed by atoms with E-state index in [1.807, 2.05) is 0 Å². The van der Waals surface area contributed by atoms with Gasteiger partial charge in [0.2, 0.25) is 5.95 Å². The van der Waals surface area contributed by atoms with Gasteiger partial charge in [0.1, 0.15) is 12.4 Å². The zero-order valence-electron chi connectivity index (χ0n) is 15.7. The van der Waals surface area contributed by atoms with Crippen molar-refractivity contribution in [3.05, 3.63) is 41.7 Å². The minimum absolute atomic E-state index is 0.0156. The number of anilines is 1. The zero-order chi connectivity index (χ0) is 18.6. The topological polar surface area (TPSA) is 71.0 Å². The van der Waals surface area contributed by atoms with Gasteiger partial charge in [-0.15, -0.1) is 0 Å². The molecule has 2 aliphatic rings. The van der Waals surface area contributed by atoms with Gasteiger partial charge >= 0.3 is 0 Å². The minimum Gasteiger partial charge on any atom is -0.493 e. The molecule has 0 radical (unpaired) electrons. The Morgan fingerprint density at radius 1 is 1.19 bits per heavy atom. The van der Waals surface area contributed by atoms with Crippen molar-refractivity contribution < 1.29 is 14.6 Å². The quantitative estimate of drug-likeness (QED) is 0.829.